The van der Waals surface area contributed by atoms with Gasteiger partial charge in [-0.05, 0) is 56.6 Å². The molecule has 0 atom stereocenters. The summed E-state index contributed by atoms with van der Waals surface area (Å²) in [6, 6.07) is 4.14. The highest BCUT2D eigenvalue weighted by molar-refractivity contribution is 7.80. The molecule has 0 N–H and O–H groups in total. The molecule has 0 saturated carbocycles. The van der Waals surface area contributed by atoms with Crippen molar-refractivity contribution in [2.24, 2.45) is 4.99 Å². The van der Waals surface area contributed by atoms with Crippen LogP contribution < -0.4 is 4.80 Å². The molecule has 0 spiro atoms. The van der Waals surface area contributed by atoms with Gasteiger partial charge in [0.1, 0.15) is 0 Å². The minimum atomic E-state index is 0.568. The predicted octanol–water partition coefficient (Wildman–Crippen LogP) is 3.20. The zero-order valence-corrected chi connectivity index (χ0v) is 13.9. The largest absolute Gasteiger partial charge is 0.353 e. The second kappa shape index (κ2) is 6.16. The standard InChI is InChI=1S/C10H11N3S5/c1-12(2)8(14)11-9-13(10(15)18-17-9)6-7-4-3-5-16-7/h3-5H,6H2,1-2H3/b11-9-. The molecule has 2 aromatic rings. The van der Waals surface area contributed by atoms with E-state index < -0.39 is 0 Å². The number of hydrogen-bond donors (Lipinski definition) is 0. The summed E-state index contributed by atoms with van der Waals surface area (Å²) in [4.78, 5) is 8.40. The number of thiocarbonyl (C=S) groups is 1. The van der Waals surface area contributed by atoms with Crippen molar-refractivity contribution < 1.29 is 0 Å². The lowest BCUT2D eigenvalue weighted by Crippen LogP contribution is -2.23. The highest BCUT2D eigenvalue weighted by Crippen LogP contribution is 2.13. The van der Waals surface area contributed by atoms with Crippen molar-refractivity contribution in [1.82, 2.24) is 9.47 Å². The van der Waals surface area contributed by atoms with E-state index in [2.05, 4.69) is 16.4 Å². The molecule has 8 heteroatoms. The van der Waals surface area contributed by atoms with Crippen molar-refractivity contribution in [3.8, 4) is 0 Å². The second-order valence-electron chi connectivity index (χ2n) is 3.67. The van der Waals surface area contributed by atoms with Crippen molar-refractivity contribution in [1.29, 1.82) is 0 Å². The summed E-state index contributed by atoms with van der Waals surface area (Å²) >= 11 is 12.3. The third-order valence-electron chi connectivity index (χ3n) is 2.11. The average molecular weight is 334 g/mol. The van der Waals surface area contributed by atoms with E-state index in [0.29, 0.717) is 5.11 Å². The molecule has 2 rings (SSSR count). The average Bonchev–Trinajstić information content (AvgIpc) is 2.93. The van der Waals surface area contributed by atoms with Gasteiger partial charge in [0.15, 0.2) is 9.07 Å². The molecule has 0 aliphatic heterocycles. The Balaban J connectivity index is 2.39. The third kappa shape index (κ3) is 3.33. The van der Waals surface area contributed by atoms with E-state index in [4.69, 9.17) is 24.4 Å². The number of thiophene rings is 1. The van der Waals surface area contributed by atoms with Gasteiger partial charge in [-0.2, -0.15) is 4.99 Å². The maximum atomic E-state index is 5.34. The van der Waals surface area contributed by atoms with Crippen molar-refractivity contribution in [3.05, 3.63) is 31.1 Å². The zero-order chi connectivity index (χ0) is 13.1. The first-order valence-corrected chi connectivity index (χ1v) is 8.91. The van der Waals surface area contributed by atoms with Gasteiger partial charge in [-0.1, -0.05) is 6.07 Å². The van der Waals surface area contributed by atoms with Crippen LogP contribution in [0.5, 0.6) is 0 Å². The first-order chi connectivity index (χ1) is 8.58. The quantitative estimate of drug-likeness (QED) is 0.622. The fourth-order valence-electron chi connectivity index (χ4n) is 1.19. The molecular weight excluding hydrogens is 322 g/mol. The minimum absolute atomic E-state index is 0.568. The number of aromatic nitrogens is 1. The highest BCUT2D eigenvalue weighted by atomic mass is 32.9. The molecule has 0 aliphatic rings. The van der Waals surface area contributed by atoms with Crippen LogP contribution >= 0.6 is 56.5 Å². The maximum absolute atomic E-state index is 5.34. The predicted molar refractivity (Wildman–Crippen MR) is 86.3 cm³/mol. The SMILES string of the molecule is CN(C)C(=S)/N=c1\ssc(=S)n1Cc1cccs1. The molecule has 0 radical (unpaired) electrons. The summed E-state index contributed by atoms with van der Waals surface area (Å²) < 4.78 is 2.88. The molecular formula is C10H11N3S5. The first-order valence-electron chi connectivity index (χ1n) is 5.06. The molecule has 0 fully saturated rings. The topological polar surface area (TPSA) is 20.5 Å². The Kier molecular flexibility index (Phi) is 4.79. The number of rotatable bonds is 2. The van der Waals surface area contributed by atoms with Crippen LogP contribution in [0.15, 0.2) is 22.5 Å². The lowest BCUT2D eigenvalue weighted by Gasteiger charge is -2.07. The van der Waals surface area contributed by atoms with Crippen LogP contribution in [0.25, 0.3) is 0 Å². The molecule has 18 heavy (non-hydrogen) atoms. The smallest absolute Gasteiger partial charge is 0.204 e. The Morgan fingerprint density at radius 1 is 1.44 bits per heavy atom. The summed E-state index contributed by atoms with van der Waals surface area (Å²) in [6.07, 6.45) is 0. The van der Waals surface area contributed by atoms with Crippen molar-refractivity contribution in [3.63, 3.8) is 0 Å². The maximum Gasteiger partial charge on any atom is 0.204 e. The fourth-order valence-corrected chi connectivity index (χ4v) is 4.45. The Morgan fingerprint density at radius 2 is 2.22 bits per heavy atom. The minimum Gasteiger partial charge on any atom is -0.353 e. The normalized spacial score (nSPS) is 11.8. The van der Waals surface area contributed by atoms with Crippen LogP contribution in [-0.4, -0.2) is 28.7 Å². The number of nitrogens with zero attached hydrogens (tertiary/aromatic N) is 3. The van der Waals surface area contributed by atoms with Crippen LogP contribution in [0, 0.1) is 3.95 Å². The van der Waals surface area contributed by atoms with E-state index >= 15 is 0 Å². The third-order valence-corrected chi connectivity index (χ3v) is 6.29. The molecule has 3 nitrogen and oxygen atoms in total. The van der Waals surface area contributed by atoms with Crippen molar-refractivity contribution in [2.45, 2.75) is 6.54 Å². The molecule has 0 aromatic carbocycles. The van der Waals surface area contributed by atoms with Gasteiger partial charge in [0.2, 0.25) is 4.80 Å². The first kappa shape index (κ1) is 14.0. The van der Waals surface area contributed by atoms with Crippen LogP contribution in [-0.2, 0) is 6.54 Å². The Morgan fingerprint density at radius 3 is 2.83 bits per heavy atom. The van der Waals surface area contributed by atoms with Crippen LogP contribution in [0.2, 0.25) is 0 Å². The van der Waals surface area contributed by atoms with E-state index in [0.717, 1.165) is 15.3 Å². The summed E-state index contributed by atoms with van der Waals surface area (Å²) in [5, 5.41) is 2.63. The van der Waals surface area contributed by atoms with Crippen molar-refractivity contribution in [2.75, 3.05) is 14.1 Å². The van der Waals surface area contributed by atoms with Gasteiger partial charge in [0.25, 0.3) is 0 Å². The van der Waals surface area contributed by atoms with Gasteiger partial charge < -0.3 is 4.90 Å². The fraction of sp³-hybridized carbons (Fsp3) is 0.300. The summed E-state index contributed by atoms with van der Waals surface area (Å²) in [5.41, 5.74) is 0. The summed E-state index contributed by atoms with van der Waals surface area (Å²) in [7, 11) is 6.91. The Bertz CT molecular complexity index is 644. The van der Waals surface area contributed by atoms with E-state index in [1.807, 2.05) is 29.6 Å². The van der Waals surface area contributed by atoms with Gasteiger partial charge in [-0.3, -0.25) is 4.57 Å². The molecule has 96 valence electrons. The molecule has 0 aliphatic carbocycles. The van der Waals surface area contributed by atoms with Gasteiger partial charge in [0, 0.05) is 19.0 Å². The van der Waals surface area contributed by atoms with E-state index in [1.54, 1.807) is 32.0 Å². The Hall–Kier alpha value is -0.410. The lowest BCUT2D eigenvalue weighted by molar-refractivity contribution is 0.624. The molecule has 0 amide bonds. The van der Waals surface area contributed by atoms with E-state index in [-0.39, 0.29) is 0 Å². The summed E-state index contributed by atoms with van der Waals surface area (Å²) in [5.74, 6) is 0. The van der Waals surface area contributed by atoms with Gasteiger partial charge in [0.05, 0.1) is 6.54 Å². The van der Waals surface area contributed by atoms with Crippen LogP contribution in [0.3, 0.4) is 0 Å². The second-order valence-corrected chi connectivity index (χ2v) is 7.80. The number of hydrogen-bond acceptors (Lipinski definition) is 5. The molecule has 0 bridgehead atoms. The Labute approximate surface area is 127 Å². The van der Waals surface area contributed by atoms with Gasteiger partial charge >= 0.3 is 0 Å². The lowest BCUT2D eigenvalue weighted by atomic mass is 10.5. The molecule has 2 heterocycles. The molecule has 0 unspecified atom stereocenters. The molecule has 0 saturated heterocycles. The van der Waals surface area contributed by atoms with Crippen LogP contribution in [0.1, 0.15) is 4.88 Å². The zero-order valence-electron chi connectivity index (χ0n) is 9.82. The molecule has 2 aromatic heterocycles. The van der Waals surface area contributed by atoms with Gasteiger partial charge in [-0.15, -0.1) is 11.3 Å². The van der Waals surface area contributed by atoms with Crippen LogP contribution in [0.4, 0.5) is 0 Å². The van der Waals surface area contributed by atoms with Crippen molar-refractivity contribution >= 4 is 61.6 Å². The summed E-state index contributed by atoms with van der Waals surface area (Å²) in [6.45, 7) is 0.769. The van der Waals surface area contributed by atoms with E-state index in [9.17, 15) is 0 Å². The van der Waals surface area contributed by atoms with E-state index in [1.165, 1.54) is 4.88 Å². The monoisotopic (exact) mass is 333 g/mol. The van der Waals surface area contributed by atoms with Gasteiger partial charge in [-0.25, -0.2) is 0 Å². The highest BCUT2D eigenvalue weighted by Gasteiger charge is 2.04.